The first-order chi connectivity index (χ1) is 8.11. The molecule has 0 aliphatic rings. The van der Waals surface area contributed by atoms with Crippen molar-refractivity contribution < 1.29 is 4.79 Å². The predicted octanol–water partition coefficient (Wildman–Crippen LogP) is 1.70. The molecule has 1 aromatic heterocycles. The smallest absolute Gasteiger partial charge is 0.251 e. The third-order valence-electron chi connectivity index (χ3n) is 2.55. The van der Waals surface area contributed by atoms with Crippen LogP contribution in [0.1, 0.15) is 11.4 Å². The van der Waals surface area contributed by atoms with Gasteiger partial charge in [0.1, 0.15) is 5.82 Å². The van der Waals surface area contributed by atoms with E-state index in [0.29, 0.717) is 11.4 Å². The number of likely N-dealkylation sites (N-methyl/N-ethyl adjacent to an activating group) is 1. The molecule has 1 aromatic carbocycles. The summed E-state index contributed by atoms with van der Waals surface area (Å²) in [6, 6.07) is 5.58. The maximum Gasteiger partial charge on any atom is 0.251 e. The molecule has 0 saturated heterocycles. The van der Waals surface area contributed by atoms with Crippen molar-refractivity contribution in [1.29, 1.82) is 0 Å². The van der Waals surface area contributed by atoms with E-state index >= 15 is 0 Å². The van der Waals surface area contributed by atoms with Crippen LogP contribution in [0.25, 0.3) is 16.5 Å². The number of hydrogen-bond donors (Lipinski definition) is 1. The summed E-state index contributed by atoms with van der Waals surface area (Å²) in [6.07, 6.45) is 1.77. The Labute approximate surface area is 99.4 Å². The van der Waals surface area contributed by atoms with E-state index in [2.05, 4.69) is 21.9 Å². The summed E-state index contributed by atoms with van der Waals surface area (Å²) >= 11 is 0. The van der Waals surface area contributed by atoms with Crippen molar-refractivity contribution in [2.75, 3.05) is 7.05 Å². The minimum atomic E-state index is -0.185. The highest BCUT2D eigenvalue weighted by Gasteiger charge is 2.08. The highest BCUT2D eigenvalue weighted by atomic mass is 16.1. The van der Waals surface area contributed by atoms with Gasteiger partial charge in [-0.25, -0.2) is 9.97 Å². The first-order valence-corrected chi connectivity index (χ1v) is 5.26. The maximum atomic E-state index is 11.5. The molecule has 17 heavy (non-hydrogen) atoms. The summed E-state index contributed by atoms with van der Waals surface area (Å²) in [7, 11) is 1.58. The second-order valence-electron chi connectivity index (χ2n) is 3.75. The SMILES string of the molecule is C=C(C(=O)NC)c1ccc2cnc(C)nc2c1. The molecule has 2 rings (SSSR count). The average Bonchev–Trinajstić information content (AvgIpc) is 2.36. The van der Waals surface area contributed by atoms with Gasteiger partial charge in [-0.1, -0.05) is 18.7 Å². The van der Waals surface area contributed by atoms with Gasteiger partial charge in [-0.2, -0.15) is 0 Å². The first kappa shape index (κ1) is 11.3. The van der Waals surface area contributed by atoms with Crippen molar-refractivity contribution in [3.05, 3.63) is 42.4 Å². The van der Waals surface area contributed by atoms with Crippen molar-refractivity contribution >= 4 is 22.4 Å². The Kier molecular flexibility index (Phi) is 2.87. The summed E-state index contributed by atoms with van der Waals surface area (Å²) in [5.41, 5.74) is 2.03. The van der Waals surface area contributed by atoms with Gasteiger partial charge in [-0.3, -0.25) is 4.79 Å². The lowest BCUT2D eigenvalue weighted by atomic mass is 10.1. The number of carbonyl (C=O) groups excluding carboxylic acids is 1. The summed E-state index contributed by atoms with van der Waals surface area (Å²) in [5.74, 6) is 0.523. The Balaban J connectivity index is 2.50. The van der Waals surface area contributed by atoms with E-state index in [0.717, 1.165) is 16.5 Å². The van der Waals surface area contributed by atoms with Crippen molar-refractivity contribution in [2.45, 2.75) is 6.92 Å². The number of aryl methyl sites for hydroxylation is 1. The van der Waals surface area contributed by atoms with Crippen molar-refractivity contribution in [2.24, 2.45) is 0 Å². The molecule has 0 radical (unpaired) electrons. The van der Waals surface area contributed by atoms with Gasteiger partial charge in [0.05, 0.1) is 5.52 Å². The van der Waals surface area contributed by atoms with Crippen LogP contribution in [0.3, 0.4) is 0 Å². The second-order valence-corrected chi connectivity index (χ2v) is 3.75. The van der Waals surface area contributed by atoms with Crippen LogP contribution in [0, 0.1) is 6.92 Å². The Morgan fingerprint density at radius 3 is 2.88 bits per heavy atom. The lowest BCUT2D eigenvalue weighted by molar-refractivity contribution is -0.115. The van der Waals surface area contributed by atoms with Gasteiger partial charge in [-0.15, -0.1) is 0 Å². The van der Waals surface area contributed by atoms with Gasteiger partial charge in [0.15, 0.2) is 0 Å². The zero-order chi connectivity index (χ0) is 12.4. The van der Waals surface area contributed by atoms with Crippen molar-refractivity contribution in [3.8, 4) is 0 Å². The van der Waals surface area contributed by atoms with Gasteiger partial charge in [-0.05, 0) is 18.6 Å². The Bertz CT molecular complexity index is 605. The fourth-order valence-electron chi connectivity index (χ4n) is 1.59. The number of carbonyl (C=O) groups is 1. The molecule has 0 unspecified atom stereocenters. The third-order valence-corrected chi connectivity index (χ3v) is 2.55. The number of rotatable bonds is 2. The summed E-state index contributed by atoms with van der Waals surface area (Å²) < 4.78 is 0. The van der Waals surface area contributed by atoms with Gasteiger partial charge >= 0.3 is 0 Å². The summed E-state index contributed by atoms with van der Waals surface area (Å²) in [5, 5.41) is 3.50. The van der Waals surface area contributed by atoms with Crippen LogP contribution in [-0.2, 0) is 4.79 Å². The third kappa shape index (κ3) is 2.15. The topological polar surface area (TPSA) is 54.9 Å². The number of benzene rings is 1. The molecular formula is C13H13N3O. The molecule has 1 N–H and O–H groups in total. The highest BCUT2D eigenvalue weighted by Crippen LogP contribution is 2.18. The Morgan fingerprint density at radius 2 is 2.18 bits per heavy atom. The molecule has 2 aromatic rings. The van der Waals surface area contributed by atoms with E-state index < -0.39 is 0 Å². The number of nitrogens with zero attached hydrogens (tertiary/aromatic N) is 2. The minimum Gasteiger partial charge on any atom is -0.355 e. The predicted molar refractivity (Wildman–Crippen MR) is 67.4 cm³/mol. The van der Waals surface area contributed by atoms with E-state index in [9.17, 15) is 4.79 Å². The van der Waals surface area contributed by atoms with E-state index in [4.69, 9.17) is 0 Å². The van der Waals surface area contributed by atoms with Crippen LogP contribution in [0.4, 0.5) is 0 Å². The molecule has 0 fully saturated rings. The minimum absolute atomic E-state index is 0.185. The first-order valence-electron chi connectivity index (χ1n) is 5.26. The fraction of sp³-hybridized carbons (Fsp3) is 0.154. The number of amides is 1. The van der Waals surface area contributed by atoms with Crippen molar-refractivity contribution in [3.63, 3.8) is 0 Å². The number of nitrogens with one attached hydrogen (secondary N) is 1. The quantitative estimate of drug-likeness (QED) is 0.794. The zero-order valence-electron chi connectivity index (χ0n) is 9.82. The largest absolute Gasteiger partial charge is 0.355 e. The maximum absolute atomic E-state index is 11.5. The molecule has 0 saturated carbocycles. The fourth-order valence-corrected chi connectivity index (χ4v) is 1.59. The standard InChI is InChI=1S/C13H13N3O/c1-8(13(17)14-3)10-4-5-11-7-15-9(2)16-12(11)6-10/h4-7H,1H2,2-3H3,(H,14,17). The normalized spacial score (nSPS) is 10.2. The van der Waals surface area contributed by atoms with Gasteiger partial charge < -0.3 is 5.32 Å². The van der Waals surface area contributed by atoms with E-state index in [-0.39, 0.29) is 5.91 Å². The number of fused-ring (bicyclic) bond motifs is 1. The molecule has 0 spiro atoms. The lowest BCUT2D eigenvalue weighted by Crippen LogP contribution is -2.18. The van der Waals surface area contributed by atoms with Crippen LogP contribution in [0.15, 0.2) is 31.0 Å². The molecule has 1 amide bonds. The van der Waals surface area contributed by atoms with Gasteiger partial charge in [0, 0.05) is 24.2 Å². The Hall–Kier alpha value is -2.23. The summed E-state index contributed by atoms with van der Waals surface area (Å²) in [4.78, 5) is 19.9. The molecular weight excluding hydrogens is 214 g/mol. The molecule has 1 heterocycles. The van der Waals surface area contributed by atoms with E-state index in [1.54, 1.807) is 13.2 Å². The molecule has 4 heteroatoms. The van der Waals surface area contributed by atoms with Crippen molar-refractivity contribution in [1.82, 2.24) is 15.3 Å². The Morgan fingerprint density at radius 1 is 1.41 bits per heavy atom. The lowest BCUT2D eigenvalue weighted by Gasteiger charge is -2.05. The van der Waals surface area contributed by atoms with Crippen LogP contribution in [0.2, 0.25) is 0 Å². The molecule has 0 aliphatic carbocycles. The van der Waals surface area contributed by atoms with Crippen LogP contribution >= 0.6 is 0 Å². The highest BCUT2D eigenvalue weighted by molar-refractivity contribution is 6.19. The van der Waals surface area contributed by atoms with Gasteiger partial charge in [0.25, 0.3) is 5.91 Å². The average molecular weight is 227 g/mol. The molecule has 0 aliphatic heterocycles. The molecule has 86 valence electrons. The number of aromatic nitrogens is 2. The van der Waals surface area contributed by atoms with E-state index in [1.807, 2.05) is 25.1 Å². The van der Waals surface area contributed by atoms with Crippen LogP contribution in [-0.4, -0.2) is 22.9 Å². The van der Waals surface area contributed by atoms with Crippen LogP contribution < -0.4 is 5.32 Å². The monoisotopic (exact) mass is 227 g/mol. The second kappa shape index (κ2) is 4.33. The zero-order valence-corrected chi connectivity index (χ0v) is 9.82. The number of hydrogen-bond acceptors (Lipinski definition) is 3. The summed E-state index contributed by atoms with van der Waals surface area (Å²) in [6.45, 7) is 5.60. The molecule has 4 nitrogen and oxygen atoms in total. The van der Waals surface area contributed by atoms with Gasteiger partial charge in [0.2, 0.25) is 0 Å². The van der Waals surface area contributed by atoms with Crippen LogP contribution in [0.5, 0.6) is 0 Å². The van der Waals surface area contributed by atoms with E-state index in [1.165, 1.54) is 0 Å². The molecule has 0 atom stereocenters. The molecule has 0 bridgehead atoms.